The van der Waals surface area contributed by atoms with Crippen LogP contribution in [0.3, 0.4) is 0 Å². The standard InChI is InChI=1S/C7H9NO2S/c1-4(8)5-2-3-11-6(5)7(9)10/h2-4H,8H2,1H3,(H,9,10)/t4-/m1/s1. The van der Waals surface area contributed by atoms with Gasteiger partial charge >= 0.3 is 5.97 Å². The Morgan fingerprint density at radius 2 is 2.45 bits per heavy atom. The number of rotatable bonds is 2. The summed E-state index contributed by atoms with van der Waals surface area (Å²) in [5, 5.41) is 10.4. The van der Waals surface area contributed by atoms with Gasteiger partial charge in [-0.3, -0.25) is 0 Å². The summed E-state index contributed by atoms with van der Waals surface area (Å²) >= 11 is 1.21. The Labute approximate surface area is 68.5 Å². The minimum Gasteiger partial charge on any atom is -0.477 e. The first-order chi connectivity index (χ1) is 5.13. The van der Waals surface area contributed by atoms with Crippen molar-refractivity contribution in [1.29, 1.82) is 0 Å². The number of carboxylic acid groups (broad SMARTS) is 1. The minimum atomic E-state index is -0.896. The van der Waals surface area contributed by atoms with Crippen LogP contribution in [0.5, 0.6) is 0 Å². The third kappa shape index (κ3) is 1.58. The smallest absolute Gasteiger partial charge is 0.346 e. The highest BCUT2D eigenvalue weighted by atomic mass is 32.1. The highest BCUT2D eigenvalue weighted by Gasteiger charge is 2.13. The summed E-state index contributed by atoms with van der Waals surface area (Å²) in [5.74, 6) is -0.896. The van der Waals surface area contributed by atoms with Crippen LogP contribution in [0, 0.1) is 0 Å². The second kappa shape index (κ2) is 3.02. The predicted octanol–water partition coefficient (Wildman–Crippen LogP) is 1.47. The van der Waals surface area contributed by atoms with Crippen LogP contribution in [0.1, 0.15) is 28.2 Å². The molecule has 0 saturated carbocycles. The zero-order chi connectivity index (χ0) is 8.43. The van der Waals surface area contributed by atoms with E-state index in [0.29, 0.717) is 10.4 Å². The fraction of sp³-hybridized carbons (Fsp3) is 0.286. The lowest BCUT2D eigenvalue weighted by Gasteiger charge is -2.02. The number of carbonyl (C=O) groups is 1. The molecular formula is C7H9NO2S. The molecule has 0 aliphatic carbocycles. The number of thiophene rings is 1. The van der Waals surface area contributed by atoms with Crippen LogP contribution in [-0.2, 0) is 0 Å². The van der Waals surface area contributed by atoms with Crippen molar-refractivity contribution in [3.8, 4) is 0 Å². The van der Waals surface area contributed by atoms with E-state index in [1.54, 1.807) is 18.4 Å². The summed E-state index contributed by atoms with van der Waals surface area (Å²) in [5.41, 5.74) is 6.25. The number of aromatic carboxylic acids is 1. The Morgan fingerprint density at radius 3 is 2.82 bits per heavy atom. The van der Waals surface area contributed by atoms with E-state index in [0.717, 1.165) is 0 Å². The molecule has 0 bridgehead atoms. The van der Waals surface area contributed by atoms with Gasteiger partial charge in [-0.2, -0.15) is 0 Å². The van der Waals surface area contributed by atoms with Gasteiger partial charge in [0.15, 0.2) is 0 Å². The first kappa shape index (κ1) is 8.23. The normalized spacial score (nSPS) is 12.9. The molecule has 3 N–H and O–H groups in total. The molecule has 0 radical (unpaired) electrons. The Bertz CT molecular complexity index is 267. The average Bonchev–Trinajstić information content (AvgIpc) is 2.32. The molecule has 11 heavy (non-hydrogen) atoms. The van der Waals surface area contributed by atoms with E-state index in [4.69, 9.17) is 10.8 Å². The summed E-state index contributed by atoms with van der Waals surface area (Å²) in [7, 11) is 0. The van der Waals surface area contributed by atoms with Gasteiger partial charge in [0.2, 0.25) is 0 Å². The SMILES string of the molecule is C[C@@H](N)c1ccsc1C(=O)O. The van der Waals surface area contributed by atoms with Crippen molar-refractivity contribution < 1.29 is 9.90 Å². The van der Waals surface area contributed by atoms with Gasteiger partial charge in [-0.1, -0.05) is 0 Å². The van der Waals surface area contributed by atoms with Crippen molar-refractivity contribution in [2.45, 2.75) is 13.0 Å². The maximum atomic E-state index is 10.5. The van der Waals surface area contributed by atoms with Crippen LogP contribution in [-0.4, -0.2) is 11.1 Å². The van der Waals surface area contributed by atoms with Gasteiger partial charge in [-0.25, -0.2) is 4.79 Å². The molecule has 0 aliphatic rings. The summed E-state index contributed by atoms with van der Waals surface area (Å²) in [4.78, 5) is 10.9. The Kier molecular flexibility index (Phi) is 2.26. The van der Waals surface area contributed by atoms with Crippen molar-refractivity contribution >= 4 is 17.3 Å². The van der Waals surface area contributed by atoms with Gasteiger partial charge in [-0.15, -0.1) is 11.3 Å². The van der Waals surface area contributed by atoms with Crippen molar-refractivity contribution in [3.05, 3.63) is 21.9 Å². The van der Waals surface area contributed by atoms with Gasteiger partial charge < -0.3 is 10.8 Å². The molecule has 1 atom stereocenters. The fourth-order valence-electron chi connectivity index (χ4n) is 0.852. The van der Waals surface area contributed by atoms with Crippen LogP contribution in [0.15, 0.2) is 11.4 Å². The van der Waals surface area contributed by atoms with E-state index in [1.165, 1.54) is 11.3 Å². The Balaban J connectivity index is 3.06. The van der Waals surface area contributed by atoms with Gasteiger partial charge in [-0.05, 0) is 23.9 Å². The Hall–Kier alpha value is -0.870. The average molecular weight is 171 g/mol. The number of nitrogens with two attached hydrogens (primary N) is 1. The van der Waals surface area contributed by atoms with Crippen molar-refractivity contribution in [2.75, 3.05) is 0 Å². The Morgan fingerprint density at radius 1 is 1.82 bits per heavy atom. The molecule has 0 amide bonds. The van der Waals surface area contributed by atoms with Crippen molar-refractivity contribution in [2.24, 2.45) is 5.73 Å². The second-order valence-electron chi connectivity index (χ2n) is 2.30. The quantitative estimate of drug-likeness (QED) is 0.708. The molecule has 1 aromatic rings. The van der Waals surface area contributed by atoms with Gasteiger partial charge in [0, 0.05) is 6.04 Å². The molecule has 1 heterocycles. The molecule has 1 aromatic heterocycles. The first-order valence-electron chi connectivity index (χ1n) is 3.19. The molecule has 0 unspecified atom stereocenters. The largest absolute Gasteiger partial charge is 0.477 e. The molecular weight excluding hydrogens is 162 g/mol. The number of hydrogen-bond donors (Lipinski definition) is 2. The van der Waals surface area contributed by atoms with Crippen LogP contribution in [0.25, 0.3) is 0 Å². The van der Waals surface area contributed by atoms with E-state index in [1.807, 2.05) is 0 Å². The number of carboxylic acids is 1. The van der Waals surface area contributed by atoms with Gasteiger partial charge in [0.05, 0.1) is 0 Å². The topological polar surface area (TPSA) is 63.3 Å². The lowest BCUT2D eigenvalue weighted by molar-refractivity contribution is 0.0700. The zero-order valence-corrected chi connectivity index (χ0v) is 6.89. The van der Waals surface area contributed by atoms with Crippen LogP contribution in [0.2, 0.25) is 0 Å². The zero-order valence-electron chi connectivity index (χ0n) is 6.07. The summed E-state index contributed by atoms with van der Waals surface area (Å²) in [6.45, 7) is 1.77. The molecule has 0 saturated heterocycles. The highest BCUT2D eigenvalue weighted by molar-refractivity contribution is 7.12. The summed E-state index contributed by atoms with van der Waals surface area (Å²) < 4.78 is 0. The molecule has 0 fully saturated rings. The molecule has 0 aromatic carbocycles. The van der Waals surface area contributed by atoms with Gasteiger partial charge in [0.25, 0.3) is 0 Å². The van der Waals surface area contributed by atoms with E-state index in [9.17, 15) is 4.79 Å². The lowest BCUT2D eigenvalue weighted by Crippen LogP contribution is -2.08. The molecule has 1 rings (SSSR count). The van der Waals surface area contributed by atoms with Crippen LogP contribution in [0.4, 0.5) is 0 Å². The monoisotopic (exact) mass is 171 g/mol. The minimum absolute atomic E-state index is 0.202. The summed E-state index contributed by atoms with van der Waals surface area (Å²) in [6.07, 6.45) is 0. The van der Waals surface area contributed by atoms with Crippen molar-refractivity contribution in [1.82, 2.24) is 0 Å². The third-order valence-corrected chi connectivity index (χ3v) is 2.30. The maximum absolute atomic E-state index is 10.5. The van der Waals surface area contributed by atoms with Crippen LogP contribution >= 0.6 is 11.3 Å². The molecule has 4 heteroatoms. The van der Waals surface area contributed by atoms with Crippen molar-refractivity contribution in [3.63, 3.8) is 0 Å². The fourth-order valence-corrected chi connectivity index (χ4v) is 1.69. The first-order valence-corrected chi connectivity index (χ1v) is 4.07. The molecule has 3 nitrogen and oxygen atoms in total. The molecule has 60 valence electrons. The van der Waals surface area contributed by atoms with E-state index < -0.39 is 5.97 Å². The highest BCUT2D eigenvalue weighted by Crippen LogP contribution is 2.21. The molecule has 0 aliphatic heterocycles. The second-order valence-corrected chi connectivity index (χ2v) is 3.22. The van der Waals surface area contributed by atoms with Gasteiger partial charge in [0.1, 0.15) is 4.88 Å². The van der Waals surface area contributed by atoms with E-state index >= 15 is 0 Å². The third-order valence-electron chi connectivity index (χ3n) is 1.38. The lowest BCUT2D eigenvalue weighted by atomic mass is 10.1. The summed E-state index contributed by atoms with van der Waals surface area (Å²) in [6, 6.07) is 1.55. The maximum Gasteiger partial charge on any atom is 0.346 e. The number of hydrogen-bond acceptors (Lipinski definition) is 3. The van der Waals surface area contributed by atoms with Crippen LogP contribution < -0.4 is 5.73 Å². The van der Waals surface area contributed by atoms with E-state index in [-0.39, 0.29) is 6.04 Å². The van der Waals surface area contributed by atoms with E-state index in [2.05, 4.69) is 0 Å². The predicted molar refractivity (Wildman–Crippen MR) is 43.9 cm³/mol. The molecule has 0 spiro atoms.